The average Bonchev–Trinajstić information content (AvgIpc) is 2.30. The topological polar surface area (TPSA) is 83.5 Å². The van der Waals surface area contributed by atoms with Crippen molar-refractivity contribution < 1.29 is 18.3 Å². The van der Waals surface area contributed by atoms with Crippen molar-refractivity contribution in [3.05, 3.63) is 29.3 Å². The number of nitrogens with one attached hydrogen (secondary N) is 1. The van der Waals surface area contributed by atoms with Gasteiger partial charge in [-0.15, -0.1) is 0 Å². The lowest BCUT2D eigenvalue weighted by Gasteiger charge is -2.25. The summed E-state index contributed by atoms with van der Waals surface area (Å²) >= 11 is 0. The lowest BCUT2D eigenvalue weighted by Crippen LogP contribution is -2.35. The van der Waals surface area contributed by atoms with Gasteiger partial charge < -0.3 is 10.4 Å². The lowest BCUT2D eigenvalue weighted by atomic mass is 10.1. The summed E-state index contributed by atoms with van der Waals surface area (Å²) in [4.78, 5) is 10.8. The van der Waals surface area contributed by atoms with Gasteiger partial charge in [0.2, 0.25) is 0 Å². The molecule has 5 nitrogen and oxygen atoms in total. The molecule has 104 valence electrons. The van der Waals surface area contributed by atoms with E-state index in [0.29, 0.717) is 6.42 Å². The smallest absolute Gasteiger partial charge is 0.335 e. The minimum absolute atomic E-state index is 0.0897. The minimum Gasteiger partial charge on any atom is -0.478 e. The molecule has 1 heterocycles. The van der Waals surface area contributed by atoms with E-state index in [-0.39, 0.29) is 23.1 Å². The highest BCUT2D eigenvalue weighted by Gasteiger charge is 2.24. The maximum Gasteiger partial charge on any atom is 0.335 e. The number of sulfone groups is 1. The molecular formula is C13H17NO4S. The van der Waals surface area contributed by atoms with Gasteiger partial charge in [0.15, 0.2) is 9.84 Å². The fourth-order valence-corrected chi connectivity index (χ4v) is 3.95. The van der Waals surface area contributed by atoms with E-state index in [1.165, 1.54) is 6.07 Å². The standard InChI is InChI=1S/C13H17NO4S/c1-9-7-10(13(15)16)4-5-12(9)14-11-3-2-6-19(17,18)8-11/h4-5,7,11,14H,2-3,6,8H2,1H3,(H,15,16). The van der Waals surface area contributed by atoms with Crippen LogP contribution in [-0.4, -0.2) is 37.0 Å². The quantitative estimate of drug-likeness (QED) is 0.882. The van der Waals surface area contributed by atoms with Crippen LogP contribution >= 0.6 is 0 Å². The third-order valence-corrected chi connectivity index (χ3v) is 5.12. The number of hydrogen-bond acceptors (Lipinski definition) is 4. The maximum atomic E-state index is 11.6. The molecule has 1 unspecified atom stereocenters. The van der Waals surface area contributed by atoms with Crippen LogP contribution in [0.15, 0.2) is 18.2 Å². The van der Waals surface area contributed by atoms with E-state index < -0.39 is 15.8 Å². The van der Waals surface area contributed by atoms with Crippen molar-refractivity contribution in [3.63, 3.8) is 0 Å². The summed E-state index contributed by atoms with van der Waals surface area (Å²) in [5, 5.41) is 12.1. The van der Waals surface area contributed by atoms with Crippen molar-refractivity contribution in [2.45, 2.75) is 25.8 Å². The summed E-state index contributed by atoms with van der Waals surface area (Å²) in [5.74, 6) is -0.551. The summed E-state index contributed by atoms with van der Waals surface area (Å²) in [6.45, 7) is 1.81. The summed E-state index contributed by atoms with van der Waals surface area (Å²) in [7, 11) is -2.94. The van der Waals surface area contributed by atoms with Gasteiger partial charge in [0.1, 0.15) is 0 Å². The molecule has 1 atom stereocenters. The molecule has 1 aliphatic heterocycles. The van der Waals surface area contributed by atoms with Crippen molar-refractivity contribution in [2.24, 2.45) is 0 Å². The lowest BCUT2D eigenvalue weighted by molar-refractivity contribution is 0.0697. The molecule has 1 aromatic carbocycles. The Balaban J connectivity index is 2.13. The molecule has 0 aliphatic carbocycles. The van der Waals surface area contributed by atoms with E-state index in [1.54, 1.807) is 12.1 Å². The van der Waals surface area contributed by atoms with Crippen LogP contribution in [0.25, 0.3) is 0 Å². The zero-order valence-corrected chi connectivity index (χ0v) is 11.5. The number of carboxylic acid groups (broad SMARTS) is 1. The molecule has 1 fully saturated rings. The van der Waals surface area contributed by atoms with Gasteiger partial charge >= 0.3 is 5.97 Å². The summed E-state index contributed by atoms with van der Waals surface area (Å²) in [6.07, 6.45) is 1.49. The van der Waals surface area contributed by atoms with Gasteiger partial charge in [0, 0.05) is 11.7 Å². The van der Waals surface area contributed by atoms with Gasteiger partial charge in [-0.1, -0.05) is 0 Å². The van der Waals surface area contributed by atoms with E-state index in [0.717, 1.165) is 17.7 Å². The molecule has 0 bridgehead atoms. The predicted molar refractivity (Wildman–Crippen MR) is 73.4 cm³/mol. The highest BCUT2D eigenvalue weighted by atomic mass is 32.2. The SMILES string of the molecule is Cc1cc(C(=O)O)ccc1NC1CCCS(=O)(=O)C1. The van der Waals surface area contributed by atoms with Crippen molar-refractivity contribution in [1.29, 1.82) is 0 Å². The van der Waals surface area contributed by atoms with Gasteiger partial charge in [0.05, 0.1) is 17.1 Å². The maximum absolute atomic E-state index is 11.6. The number of anilines is 1. The second-order valence-corrected chi connectivity index (χ2v) is 7.16. The fourth-order valence-electron chi connectivity index (χ4n) is 2.32. The molecular weight excluding hydrogens is 266 g/mol. The Kier molecular flexibility index (Phi) is 3.80. The van der Waals surface area contributed by atoms with Crippen LogP contribution < -0.4 is 5.32 Å². The van der Waals surface area contributed by atoms with Crippen LogP contribution in [0, 0.1) is 6.92 Å². The Morgan fingerprint density at radius 1 is 1.42 bits per heavy atom. The van der Waals surface area contributed by atoms with Crippen LogP contribution in [0.1, 0.15) is 28.8 Å². The first kappa shape index (κ1) is 13.9. The number of rotatable bonds is 3. The van der Waals surface area contributed by atoms with Crippen LogP contribution in [0.3, 0.4) is 0 Å². The summed E-state index contributed by atoms with van der Waals surface area (Å²) < 4.78 is 23.1. The summed E-state index contributed by atoms with van der Waals surface area (Å²) in [5.41, 5.74) is 1.84. The number of aromatic carboxylic acids is 1. The van der Waals surface area contributed by atoms with Crippen molar-refractivity contribution in [1.82, 2.24) is 0 Å². The van der Waals surface area contributed by atoms with Crippen molar-refractivity contribution in [2.75, 3.05) is 16.8 Å². The van der Waals surface area contributed by atoms with Crippen LogP contribution in [-0.2, 0) is 9.84 Å². The Morgan fingerprint density at radius 2 is 2.16 bits per heavy atom. The van der Waals surface area contributed by atoms with E-state index in [9.17, 15) is 13.2 Å². The number of benzene rings is 1. The third kappa shape index (κ3) is 3.47. The fraction of sp³-hybridized carbons (Fsp3) is 0.462. The summed E-state index contributed by atoms with van der Waals surface area (Å²) in [6, 6.07) is 4.71. The normalized spacial score (nSPS) is 21.8. The van der Waals surface area contributed by atoms with Crippen molar-refractivity contribution in [3.8, 4) is 0 Å². The first-order valence-electron chi connectivity index (χ1n) is 6.18. The molecule has 2 rings (SSSR count). The Bertz CT molecular complexity index is 595. The largest absolute Gasteiger partial charge is 0.478 e. The molecule has 0 radical (unpaired) electrons. The molecule has 19 heavy (non-hydrogen) atoms. The Hall–Kier alpha value is -1.56. The van der Waals surface area contributed by atoms with Gasteiger partial charge in [-0.25, -0.2) is 13.2 Å². The molecule has 6 heteroatoms. The number of carbonyl (C=O) groups is 1. The van der Waals surface area contributed by atoms with Gasteiger partial charge in [-0.2, -0.15) is 0 Å². The molecule has 1 aromatic rings. The van der Waals surface area contributed by atoms with Gasteiger partial charge in [-0.05, 0) is 43.5 Å². The predicted octanol–water partition coefficient (Wildman–Crippen LogP) is 1.68. The number of carboxylic acids is 1. The first-order chi connectivity index (χ1) is 8.87. The molecule has 2 N–H and O–H groups in total. The van der Waals surface area contributed by atoms with E-state index in [2.05, 4.69) is 5.32 Å². The van der Waals surface area contributed by atoms with Crippen LogP contribution in [0.2, 0.25) is 0 Å². The highest BCUT2D eigenvalue weighted by molar-refractivity contribution is 7.91. The number of aryl methyl sites for hydroxylation is 1. The van der Waals surface area contributed by atoms with E-state index >= 15 is 0 Å². The zero-order chi connectivity index (χ0) is 14.0. The molecule has 0 amide bonds. The number of hydrogen-bond donors (Lipinski definition) is 2. The second kappa shape index (κ2) is 5.21. The molecule has 1 aliphatic rings. The van der Waals surface area contributed by atoms with Crippen LogP contribution in [0.4, 0.5) is 5.69 Å². The molecule has 0 saturated carbocycles. The van der Waals surface area contributed by atoms with Crippen LogP contribution in [0.5, 0.6) is 0 Å². The van der Waals surface area contributed by atoms with Gasteiger partial charge in [-0.3, -0.25) is 0 Å². The van der Waals surface area contributed by atoms with Gasteiger partial charge in [0.25, 0.3) is 0 Å². The van der Waals surface area contributed by atoms with E-state index in [4.69, 9.17) is 5.11 Å². The monoisotopic (exact) mass is 283 g/mol. The average molecular weight is 283 g/mol. The van der Waals surface area contributed by atoms with E-state index in [1.807, 2.05) is 6.92 Å². The molecule has 0 aromatic heterocycles. The Morgan fingerprint density at radius 3 is 2.74 bits per heavy atom. The Labute approximate surface area is 112 Å². The van der Waals surface area contributed by atoms with Crippen molar-refractivity contribution >= 4 is 21.5 Å². The molecule has 1 saturated heterocycles. The highest BCUT2D eigenvalue weighted by Crippen LogP contribution is 2.21. The minimum atomic E-state index is -2.94. The third-order valence-electron chi connectivity index (χ3n) is 3.30. The zero-order valence-electron chi connectivity index (χ0n) is 10.7. The second-order valence-electron chi connectivity index (χ2n) is 4.93. The molecule has 0 spiro atoms. The first-order valence-corrected chi connectivity index (χ1v) is 8.00.